The van der Waals surface area contributed by atoms with Crippen molar-refractivity contribution in [3.8, 4) is 5.75 Å². The normalized spacial score (nSPS) is 20.4. The van der Waals surface area contributed by atoms with Gasteiger partial charge < -0.3 is 10.1 Å². The number of hydrogen-bond acceptors (Lipinski definition) is 4. The summed E-state index contributed by atoms with van der Waals surface area (Å²) in [5.74, 6) is 0.160. The van der Waals surface area contributed by atoms with E-state index in [2.05, 4.69) is 5.32 Å². The van der Waals surface area contributed by atoms with E-state index in [0.717, 1.165) is 5.56 Å². The van der Waals surface area contributed by atoms with Crippen molar-refractivity contribution in [2.45, 2.75) is 24.7 Å². The van der Waals surface area contributed by atoms with E-state index in [0.29, 0.717) is 16.5 Å². The molecule has 1 amide bonds. The van der Waals surface area contributed by atoms with E-state index in [1.807, 2.05) is 13.8 Å². The van der Waals surface area contributed by atoms with E-state index < -0.39 is 10.0 Å². The standard InChI is InChI=1S/C21H25ClN2O4S/c1-21(2)18(13-6-9-15(10-7-13)29(26,27)24(3)4)19(21)20(25)23-16-12-14(22)8-11-17(16)28-5/h6-12,18-19H,1-5H3,(H,23,25)/t18-,19+/m0/s1. The zero-order chi connectivity index (χ0) is 21.6. The molecular formula is C21H25ClN2O4S. The number of anilines is 1. The van der Waals surface area contributed by atoms with Crippen LogP contribution in [0, 0.1) is 11.3 Å². The lowest BCUT2D eigenvalue weighted by molar-refractivity contribution is -0.118. The molecule has 6 nitrogen and oxygen atoms in total. The molecule has 0 bridgehead atoms. The molecule has 3 rings (SSSR count). The number of benzene rings is 2. The van der Waals surface area contributed by atoms with Crippen LogP contribution in [-0.4, -0.2) is 39.8 Å². The van der Waals surface area contributed by atoms with Crippen molar-refractivity contribution in [3.63, 3.8) is 0 Å². The van der Waals surface area contributed by atoms with Gasteiger partial charge in [0.2, 0.25) is 15.9 Å². The van der Waals surface area contributed by atoms with E-state index in [9.17, 15) is 13.2 Å². The maximum atomic E-state index is 13.0. The van der Waals surface area contributed by atoms with Crippen molar-refractivity contribution < 1.29 is 17.9 Å². The Morgan fingerprint density at radius 1 is 1.14 bits per heavy atom. The molecule has 1 fully saturated rings. The van der Waals surface area contributed by atoms with Gasteiger partial charge in [-0.05, 0) is 41.3 Å². The van der Waals surface area contributed by atoms with Crippen LogP contribution in [0.5, 0.6) is 5.75 Å². The van der Waals surface area contributed by atoms with Crippen LogP contribution in [0.3, 0.4) is 0 Å². The summed E-state index contributed by atoms with van der Waals surface area (Å²) in [4.78, 5) is 13.2. The number of carbonyl (C=O) groups is 1. The lowest BCUT2D eigenvalue weighted by atomic mass is 10.0. The molecule has 0 aliphatic heterocycles. The topological polar surface area (TPSA) is 75.7 Å². The van der Waals surface area contributed by atoms with Crippen molar-refractivity contribution in [3.05, 3.63) is 53.1 Å². The van der Waals surface area contributed by atoms with Crippen molar-refractivity contribution in [1.82, 2.24) is 4.31 Å². The van der Waals surface area contributed by atoms with Gasteiger partial charge in [0.25, 0.3) is 0 Å². The summed E-state index contributed by atoms with van der Waals surface area (Å²) in [5, 5.41) is 3.42. The molecule has 0 radical (unpaired) electrons. The fourth-order valence-corrected chi connectivity index (χ4v) is 4.87. The molecule has 0 aromatic heterocycles. The Bertz CT molecular complexity index is 1030. The van der Waals surface area contributed by atoms with E-state index in [1.54, 1.807) is 42.5 Å². The summed E-state index contributed by atoms with van der Waals surface area (Å²) in [6.45, 7) is 4.06. The number of nitrogens with zero attached hydrogens (tertiary/aromatic N) is 1. The highest BCUT2D eigenvalue weighted by Gasteiger charge is 2.62. The van der Waals surface area contributed by atoms with Gasteiger partial charge in [-0.1, -0.05) is 37.6 Å². The number of halogens is 1. The third-order valence-electron chi connectivity index (χ3n) is 5.55. The van der Waals surface area contributed by atoms with Gasteiger partial charge in [0, 0.05) is 25.0 Å². The number of ether oxygens (including phenoxy) is 1. The molecule has 1 saturated carbocycles. The van der Waals surface area contributed by atoms with Gasteiger partial charge in [0.1, 0.15) is 5.75 Å². The molecule has 0 heterocycles. The van der Waals surface area contributed by atoms with Crippen molar-refractivity contribution in [2.75, 3.05) is 26.5 Å². The van der Waals surface area contributed by atoms with Crippen molar-refractivity contribution in [2.24, 2.45) is 11.3 Å². The van der Waals surface area contributed by atoms with Crippen LogP contribution in [0.25, 0.3) is 0 Å². The quantitative estimate of drug-likeness (QED) is 0.743. The summed E-state index contributed by atoms with van der Waals surface area (Å²) in [5.41, 5.74) is 1.21. The van der Waals surface area contributed by atoms with Crippen LogP contribution in [0.4, 0.5) is 5.69 Å². The molecule has 1 aliphatic rings. The van der Waals surface area contributed by atoms with Gasteiger partial charge in [-0.25, -0.2) is 12.7 Å². The number of rotatable bonds is 6. The van der Waals surface area contributed by atoms with Gasteiger partial charge in [-0.15, -0.1) is 0 Å². The minimum absolute atomic E-state index is 0.0104. The molecule has 1 aliphatic carbocycles. The Kier molecular flexibility index (Phi) is 5.69. The molecule has 8 heteroatoms. The molecule has 2 aromatic rings. The fraction of sp³-hybridized carbons (Fsp3) is 0.381. The van der Waals surface area contributed by atoms with Gasteiger partial charge in [-0.2, -0.15) is 0 Å². The Morgan fingerprint density at radius 2 is 1.76 bits per heavy atom. The first-order valence-corrected chi connectivity index (χ1v) is 11.0. The number of carbonyl (C=O) groups excluding carboxylic acids is 1. The number of sulfonamides is 1. The second-order valence-electron chi connectivity index (χ2n) is 7.97. The first-order chi connectivity index (χ1) is 13.5. The van der Waals surface area contributed by atoms with Crippen molar-refractivity contribution in [1.29, 1.82) is 0 Å². The zero-order valence-corrected chi connectivity index (χ0v) is 18.6. The smallest absolute Gasteiger partial charge is 0.242 e. The van der Waals surface area contributed by atoms with Gasteiger partial charge >= 0.3 is 0 Å². The summed E-state index contributed by atoms with van der Waals surface area (Å²) >= 11 is 6.05. The van der Waals surface area contributed by atoms with Gasteiger partial charge in [0.05, 0.1) is 23.6 Å². The SMILES string of the molecule is COc1ccc(Cl)cc1NC(=O)[C@H]1[C@H](c2ccc(S(=O)(=O)N(C)C)cc2)C1(C)C. The van der Waals surface area contributed by atoms with E-state index >= 15 is 0 Å². The number of nitrogens with one attached hydrogen (secondary N) is 1. The fourth-order valence-electron chi connectivity index (χ4n) is 3.80. The Hall–Kier alpha value is -2.09. The van der Waals surface area contributed by atoms with Crippen LogP contribution >= 0.6 is 11.6 Å². The monoisotopic (exact) mass is 436 g/mol. The van der Waals surface area contributed by atoms with Crippen LogP contribution in [0.15, 0.2) is 47.4 Å². The molecule has 1 N–H and O–H groups in total. The summed E-state index contributed by atoms with van der Waals surface area (Å²) < 4.78 is 31.0. The van der Waals surface area contributed by atoms with Crippen LogP contribution < -0.4 is 10.1 Å². The maximum Gasteiger partial charge on any atom is 0.242 e. The number of amides is 1. The predicted molar refractivity (Wildman–Crippen MR) is 114 cm³/mol. The van der Waals surface area contributed by atoms with Crippen LogP contribution in [-0.2, 0) is 14.8 Å². The van der Waals surface area contributed by atoms with Crippen molar-refractivity contribution >= 4 is 33.2 Å². The van der Waals surface area contributed by atoms with Gasteiger partial charge in [-0.3, -0.25) is 4.79 Å². The first kappa shape index (κ1) is 21.6. The minimum atomic E-state index is -3.48. The zero-order valence-electron chi connectivity index (χ0n) is 17.1. The van der Waals surface area contributed by atoms with E-state index in [4.69, 9.17) is 16.3 Å². The lowest BCUT2D eigenvalue weighted by Gasteiger charge is -2.12. The Balaban J connectivity index is 1.81. The highest BCUT2D eigenvalue weighted by molar-refractivity contribution is 7.89. The Morgan fingerprint density at radius 3 is 2.31 bits per heavy atom. The second kappa shape index (κ2) is 7.63. The molecule has 2 aromatic carbocycles. The maximum absolute atomic E-state index is 13.0. The lowest BCUT2D eigenvalue weighted by Crippen LogP contribution is -2.22. The summed E-state index contributed by atoms with van der Waals surface area (Å²) in [6.07, 6.45) is 0. The van der Waals surface area contributed by atoms with Crippen LogP contribution in [0.2, 0.25) is 5.02 Å². The first-order valence-electron chi connectivity index (χ1n) is 9.17. The number of methoxy groups -OCH3 is 1. The third kappa shape index (κ3) is 3.99. The average Bonchev–Trinajstić information content (AvgIpc) is 3.24. The predicted octanol–water partition coefficient (Wildman–Crippen LogP) is 3.98. The number of hydrogen-bond donors (Lipinski definition) is 1. The highest BCUT2D eigenvalue weighted by atomic mass is 35.5. The third-order valence-corrected chi connectivity index (χ3v) is 7.61. The minimum Gasteiger partial charge on any atom is -0.495 e. The molecule has 2 atom stereocenters. The average molecular weight is 437 g/mol. The Labute approximate surface area is 176 Å². The molecule has 156 valence electrons. The largest absolute Gasteiger partial charge is 0.495 e. The second-order valence-corrected chi connectivity index (χ2v) is 10.6. The van der Waals surface area contributed by atoms with Crippen LogP contribution in [0.1, 0.15) is 25.3 Å². The molecule has 0 saturated heterocycles. The molecule has 0 spiro atoms. The molecular weight excluding hydrogens is 412 g/mol. The highest BCUT2D eigenvalue weighted by Crippen LogP contribution is 2.64. The summed E-state index contributed by atoms with van der Waals surface area (Å²) in [7, 11) is 1.05. The summed E-state index contributed by atoms with van der Waals surface area (Å²) in [6, 6.07) is 11.8. The van der Waals surface area contributed by atoms with E-state index in [1.165, 1.54) is 25.5 Å². The van der Waals surface area contributed by atoms with E-state index in [-0.39, 0.29) is 28.1 Å². The molecule has 29 heavy (non-hydrogen) atoms. The molecule has 0 unspecified atom stereocenters. The van der Waals surface area contributed by atoms with Gasteiger partial charge in [0.15, 0.2) is 0 Å².